The Balaban J connectivity index is 2.00. The second kappa shape index (κ2) is 6.96. The molecule has 1 aliphatic rings. The number of piperidine rings is 1. The SMILES string of the molecule is CC(C)(C)OC(=O)N1CCC(O)C(Cc2cncc(Br)c2)C1. The molecule has 2 atom stereocenters. The number of pyridine rings is 1. The van der Waals surface area contributed by atoms with Crippen molar-refractivity contribution in [2.45, 2.75) is 45.3 Å². The van der Waals surface area contributed by atoms with Gasteiger partial charge in [0.15, 0.2) is 0 Å². The van der Waals surface area contributed by atoms with Gasteiger partial charge in [0, 0.05) is 35.9 Å². The Bertz CT molecular complexity index is 530. The number of nitrogens with zero attached hydrogens (tertiary/aromatic N) is 2. The first-order chi connectivity index (χ1) is 10.2. The number of aromatic nitrogens is 1. The van der Waals surface area contributed by atoms with E-state index in [1.54, 1.807) is 17.3 Å². The van der Waals surface area contributed by atoms with E-state index in [9.17, 15) is 9.90 Å². The normalized spacial score (nSPS) is 22.5. The number of ether oxygens (including phenoxy) is 1. The summed E-state index contributed by atoms with van der Waals surface area (Å²) in [6.45, 7) is 6.60. The van der Waals surface area contributed by atoms with E-state index in [1.165, 1.54) is 0 Å². The summed E-state index contributed by atoms with van der Waals surface area (Å²) in [4.78, 5) is 18.0. The number of carbonyl (C=O) groups excluding carboxylic acids is 1. The van der Waals surface area contributed by atoms with Crippen molar-refractivity contribution in [3.05, 3.63) is 28.5 Å². The molecule has 122 valence electrons. The Hall–Kier alpha value is -1.14. The van der Waals surface area contributed by atoms with Crippen LogP contribution in [0, 0.1) is 5.92 Å². The molecular weight excluding hydrogens is 348 g/mol. The number of likely N-dealkylation sites (tertiary alicyclic amines) is 1. The Morgan fingerprint density at radius 1 is 1.50 bits per heavy atom. The first-order valence-electron chi connectivity index (χ1n) is 7.50. The average Bonchev–Trinajstić information content (AvgIpc) is 2.39. The minimum absolute atomic E-state index is 0.00244. The lowest BCUT2D eigenvalue weighted by Crippen LogP contribution is -2.48. The van der Waals surface area contributed by atoms with Gasteiger partial charge < -0.3 is 14.7 Å². The van der Waals surface area contributed by atoms with Gasteiger partial charge in [0.25, 0.3) is 0 Å². The van der Waals surface area contributed by atoms with E-state index in [-0.39, 0.29) is 12.0 Å². The molecule has 22 heavy (non-hydrogen) atoms. The summed E-state index contributed by atoms with van der Waals surface area (Å²) in [7, 11) is 0. The zero-order chi connectivity index (χ0) is 16.3. The molecule has 0 saturated carbocycles. The van der Waals surface area contributed by atoms with Crippen LogP contribution in [0.2, 0.25) is 0 Å². The molecule has 1 N–H and O–H groups in total. The predicted octanol–water partition coefficient (Wildman–Crippen LogP) is 3.00. The zero-order valence-corrected chi connectivity index (χ0v) is 14.8. The Morgan fingerprint density at radius 2 is 2.23 bits per heavy atom. The van der Waals surface area contributed by atoms with Gasteiger partial charge in [0.2, 0.25) is 0 Å². The van der Waals surface area contributed by atoms with Crippen molar-refractivity contribution in [3.63, 3.8) is 0 Å². The minimum atomic E-state index is -0.503. The van der Waals surface area contributed by atoms with Gasteiger partial charge in [-0.15, -0.1) is 0 Å². The number of aliphatic hydroxyl groups is 1. The number of hydrogen-bond acceptors (Lipinski definition) is 4. The van der Waals surface area contributed by atoms with E-state index in [0.717, 1.165) is 10.0 Å². The van der Waals surface area contributed by atoms with Crippen molar-refractivity contribution in [3.8, 4) is 0 Å². The van der Waals surface area contributed by atoms with Crippen molar-refractivity contribution < 1.29 is 14.6 Å². The summed E-state index contributed by atoms with van der Waals surface area (Å²) in [5.41, 5.74) is 0.543. The molecule has 0 aliphatic carbocycles. The van der Waals surface area contributed by atoms with Gasteiger partial charge in [0.1, 0.15) is 5.60 Å². The van der Waals surface area contributed by atoms with Crippen LogP contribution < -0.4 is 0 Å². The second-order valence-electron chi connectivity index (χ2n) is 6.76. The van der Waals surface area contributed by atoms with E-state index >= 15 is 0 Å². The van der Waals surface area contributed by atoms with E-state index < -0.39 is 11.7 Å². The van der Waals surface area contributed by atoms with E-state index in [0.29, 0.717) is 25.9 Å². The molecule has 1 aromatic rings. The molecule has 1 aromatic heterocycles. The van der Waals surface area contributed by atoms with E-state index in [4.69, 9.17) is 4.74 Å². The molecule has 2 rings (SSSR count). The van der Waals surface area contributed by atoms with Crippen LogP contribution in [0.5, 0.6) is 0 Å². The fraction of sp³-hybridized carbons (Fsp3) is 0.625. The fourth-order valence-corrected chi connectivity index (χ4v) is 3.00. The van der Waals surface area contributed by atoms with Gasteiger partial charge in [-0.1, -0.05) is 0 Å². The van der Waals surface area contributed by atoms with Crippen LogP contribution in [0.4, 0.5) is 4.79 Å². The topological polar surface area (TPSA) is 62.7 Å². The quantitative estimate of drug-likeness (QED) is 0.868. The molecule has 5 nitrogen and oxygen atoms in total. The number of halogens is 1. The fourth-order valence-electron chi connectivity index (χ4n) is 2.58. The third-order valence-corrected chi connectivity index (χ3v) is 4.04. The van der Waals surface area contributed by atoms with E-state index in [1.807, 2.05) is 26.8 Å². The summed E-state index contributed by atoms with van der Waals surface area (Å²) < 4.78 is 6.33. The standard InChI is InChI=1S/C16H23BrN2O3/c1-16(2,3)22-15(21)19-5-4-14(20)12(10-19)6-11-7-13(17)9-18-8-11/h7-9,12,14,20H,4-6,10H2,1-3H3. The highest BCUT2D eigenvalue weighted by atomic mass is 79.9. The summed E-state index contributed by atoms with van der Waals surface area (Å²) in [6.07, 6.45) is 4.07. The van der Waals surface area contributed by atoms with Crippen LogP contribution in [0.3, 0.4) is 0 Å². The lowest BCUT2D eigenvalue weighted by molar-refractivity contribution is -0.00825. The Labute approximate surface area is 139 Å². The van der Waals surface area contributed by atoms with Crippen LogP contribution in [0.15, 0.2) is 22.9 Å². The molecule has 0 spiro atoms. The number of amides is 1. The molecule has 0 bridgehead atoms. The van der Waals surface area contributed by atoms with Crippen LogP contribution in [0.25, 0.3) is 0 Å². The molecule has 0 radical (unpaired) electrons. The molecule has 1 fully saturated rings. The number of rotatable bonds is 2. The average molecular weight is 371 g/mol. The molecular formula is C16H23BrN2O3. The Kier molecular flexibility index (Phi) is 5.45. The summed E-state index contributed by atoms with van der Waals surface area (Å²) >= 11 is 3.40. The molecule has 1 aliphatic heterocycles. The van der Waals surface area contributed by atoms with Gasteiger partial charge in [-0.05, 0) is 61.2 Å². The van der Waals surface area contributed by atoms with E-state index in [2.05, 4.69) is 20.9 Å². The second-order valence-corrected chi connectivity index (χ2v) is 7.67. The number of aliphatic hydroxyl groups excluding tert-OH is 1. The third kappa shape index (κ3) is 4.95. The molecule has 1 saturated heterocycles. The van der Waals surface area contributed by atoms with Crippen molar-refractivity contribution in [1.29, 1.82) is 0 Å². The molecule has 6 heteroatoms. The largest absolute Gasteiger partial charge is 0.444 e. The summed E-state index contributed by atoms with van der Waals surface area (Å²) in [5, 5.41) is 10.2. The maximum atomic E-state index is 12.2. The van der Waals surface area contributed by atoms with Gasteiger partial charge in [-0.25, -0.2) is 4.79 Å². The first kappa shape index (κ1) is 17.2. The number of hydrogen-bond donors (Lipinski definition) is 1. The van der Waals surface area contributed by atoms with Crippen LogP contribution in [-0.2, 0) is 11.2 Å². The van der Waals surface area contributed by atoms with Crippen LogP contribution >= 0.6 is 15.9 Å². The highest BCUT2D eigenvalue weighted by Gasteiger charge is 2.32. The number of carbonyl (C=O) groups is 1. The highest BCUT2D eigenvalue weighted by Crippen LogP contribution is 2.24. The zero-order valence-electron chi connectivity index (χ0n) is 13.3. The van der Waals surface area contributed by atoms with Crippen molar-refractivity contribution >= 4 is 22.0 Å². The van der Waals surface area contributed by atoms with Crippen molar-refractivity contribution in [2.24, 2.45) is 5.92 Å². The van der Waals surface area contributed by atoms with Crippen molar-refractivity contribution in [2.75, 3.05) is 13.1 Å². The van der Waals surface area contributed by atoms with Gasteiger partial charge in [-0.3, -0.25) is 4.98 Å². The van der Waals surface area contributed by atoms with Gasteiger partial charge in [-0.2, -0.15) is 0 Å². The highest BCUT2D eigenvalue weighted by molar-refractivity contribution is 9.10. The third-order valence-electron chi connectivity index (χ3n) is 3.60. The summed E-state index contributed by atoms with van der Waals surface area (Å²) in [6, 6.07) is 1.99. The lowest BCUT2D eigenvalue weighted by Gasteiger charge is -2.37. The summed E-state index contributed by atoms with van der Waals surface area (Å²) in [5.74, 6) is -0.00244. The maximum absolute atomic E-state index is 12.2. The van der Waals surface area contributed by atoms with Crippen LogP contribution in [0.1, 0.15) is 32.8 Å². The molecule has 2 heterocycles. The van der Waals surface area contributed by atoms with Gasteiger partial charge >= 0.3 is 6.09 Å². The molecule has 0 aromatic carbocycles. The molecule has 1 amide bonds. The van der Waals surface area contributed by atoms with Gasteiger partial charge in [0.05, 0.1) is 6.10 Å². The lowest BCUT2D eigenvalue weighted by atomic mass is 9.89. The molecule has 2 unspecified atom stereocenters. The minimum Gasteiger partial charge on any atom is -0.444 e. The maximum Gasteiger partial charge on any atom is 0.410 e. The Morgan fingerprint density at radius 3 is 2.86 bits per heavy atom. The predicted molar refractivity (Wildman–Crippen MR) is 87.6 cm³/mol. The van der Waals surface area contributed by atoms with Crippen molar-refractivity contribution in [1.82, 2.24) is 9.88 Å². The smallest absolute Gasteiger partial charge is 0.410 e. The monoisotopic (exact) mass is 370 g/mol. The van der Waals surface area contributed by atoms with Crippen LogP contribution in [-0.4, -0.2) is 45.9 Å². The first-order valence-corrected chi connectivity index (χ1v) is 8.29.